The molecule has 8 heteroatoms. The van der Waals surface area contributed by atoms with E-state index in [-0.39, 0.29) is 32.3 Å². The van der Waals surface area contributed by atoms with Gasteiger partial charge in [0.2, 0.25) is 0 Å². The summed E-state index contributed by atoms with van der Waals surface area (Å²) in [7, 11) is 0. The van der Waals surface area contributed by atoms with E-state index < -0.39 is 4.92 Å². The normalized spacial score (nSPS) is 13.1. The molecule has 0 aliphatic carbocycles. The smallest absolute Gasteiger partial charge is 0.270 e. The summed E-state index contributed by atoms with van der Waals surface area (Å²) in [6, 6.07) is 8.14. The minimum atomic E-state index is -0.461. The Balaban J connectivity index is 1.89. The molecule has 0 amide bonds. The van der Waals surface area contributed by atoms with Crippen LogP contribution in [-0.2, 0) is 24.6 Å². The van der Waals surface area contributed by atoms with Gasteiger partial charge in [-0.3, -0.25) is 10.1 Å². The van der Waals surface area contributed by atoms with E-state index in [0.717, 1.165) is 4.47 Å². The molecule has 1 aliphatic heterocycles. The molecule has 0 spiro atoms. The molecule has 24 heavy (non-hydrogen) atoms. The molecule has 0 saturated carbocycles. The Labute approximate surface area is 146 Å². The maximum atomic E-state index is 11.1. The Bertz CT molecular complexity index is 779. The van der Waals surface area contributed by atoms with Crippen LogP contribution in [0.15, 0.2) is 34.8 Å². The van der Waals surface area contributed by atoms with Crippen molar-refractivity contribution in [2.24, 2.45) is 0 Å². The first-order valence-electron chi connectivity index (χ1n) is 7.11. The van der Waals surface area contributed by atoms with Crippen LogP contribution < -0.4 is 9.47 Å². The Morgan fingerprint density at radius 1 is 1.29 bits per heavy atom. The number of non-ortho nitro benzene ring substituents is 1. The van der Waals surface area contributed by atoms with Crippen LogP contribution in [-0.4, -0.2) is 16.8 Å². The zero-order valence-electron chi connectivity index (χ0n) is 12.5. The Morgan fingerprint density at radius 3 is 2.88 bits per heavy atom. The average molecular weight is 396 g/mol. The first kappa shape index (κ1) is 16.7. The summed E-state index contributed by atoms with van der Waals surface area (Å²) < 4.78 is 17.2. The number of hydrogen-bond acceptors (Lipinski definition) is 6. The van der Waals surface area contributed by atoms with Crippen LogP contribution >= 0.6 is 15.9 Å². The maximum Gasteiger partial charge on any atom is 0.270 e. The van der Waals surface area contributed by atoms with E-state index >= 15 is 0 Å². The lowest BCUT2D eigenvalue weighted by atomic mass is 10.1. The van der Waals surface area contributed by atoms with E-state index in [1.807, 2.05) is 0 Å². The number of nitrogens with zero attached hydrogens (tertiary/aromatic N) is 1. The minimum Gasteiger partial charge on any atom is -0.488 e. The molecule has 2 aromatic carbocycles. The topological polar surface area (TPSA) is 91.1 Å². The largest absolute Gasteiger partial charge is 0.488 e. The third-order valence-corrected chi connectivity index (χ3v) is 4.05. The van der Waals surface area contributed by atoms with Gasteiger partial charge in [0.1, 0.15) is 18.1 Å². The van der Waals surface area contributed by atoms with E-state index in [2.05, 4.69) is 15.9 Å². The number of aliphatic hydroxyl groups excluding tert-OH is 1. The molecule has 3 rings (SSSR count). The Morgan fingerprint density at radius 2 is 2.12 bits per heavy atom. The van der Waals surface area contributed by atoms with Gasteiger partial charge < -0.3 is 19.3 Å². The van der Waals surface area contributed by atoms with Gasteiger partial charge in [0.25, 0.3) is 5.69 Å². The Hall–Kier alpha value is -2.16. The van der Waals surface area contributed by atoms with Crippen molar-refractivity contribution in [3.63, 3.8) is 0 Å². The summed E-state index contributed by atoms with van der Waals surface area (Å²) in [5.41, 5.74) is 1.76. The number of aliphatic hydroxyl groups is 1. The number of benzene rings is 2. The molecule has 2 aromatic rings. The molecule has 0 saturated heterocycles. The molecule has 0 bridgehead atoms. The SMILES string of the molecule is O=[N+]([O-])c1cc2c(c(COc3ccc(Br)cc3CO)c1)OCOC2. The third-order valence-electron chi connectivity index (χ3n) is 3.56. The van der Waals surface area contributed by atoms with Gasteiger partial charge in [0.15, 0.2) is 6.79 Å². The van der Waals surface area contributed by atoms with Gasteiger partial charge in [0.05, 0.1) is 18.1 Å². The van der Waals surface area contributed by atoms with Gasteiger partial charge in [-0.1, -0.05) is 15.9 Å². The van der Waals surface area contributed by atoms with Crippen LogP contribution in [0.3, 0.4) is 0 Å². The van der Waals surface area contributed by atoms with Crippen molar-refractivity contribution >= 4 is 21.6 Å². The molecular weight excluding hydrogens is 382 g/mol. The van der Waals surface area contributed by atoms with Crippen molar-refractivity contribution in [1.29, 1.82) is 0 Å². The van der Waals surface area contributed by atoms with Crippen molar-refractivity contribution in [3.8, 4) is 11.5 Å². The van der Waals surface area contributed by atoms with Gasteiger partial charge in [-0.2, -0.15) is 0 Å². The summed E-state index contributed by atoms with van der Waals surface area (Å²) in [5, 5.41) is 20.5. The molecule has 1 N–H and O–H groups in total. The van der Waals surface area contributed by atoms with Crippen LogP contribution in [0.25, 0.3) is 0 Å². The lowest BCUT2D eigenvalue weighted by molar-refractivity contribution is -0.385. The van der Waals surface area contributed by atoms with Gasteiger partial charge in [0, 0.05) is 33.3 Å². The number of rotatable bonds is 5. The summed E-state index contributed by atoms with van der Waals surface area (Å²) in [6.07, 6.45) is 0. The number of fused-ring (bicyclic) bond motifs is 1. The number of ether oxygens (including phenoxy) is 3. The van der Waals surface area contributed by atoms with Crippen molar-refractivity contribution in [2.45, 2.75) is 19.8 Å². The maximum absolute atomic E-state index is 11.1. The number of nitro groups is 1. The van der Waals surface area contributed by atoms with Crippen LogP contribution in [0, 0.1) is 10.1 Å². The first-order chi connectivity index (χ1) is 11.6. The van der Waals surface area contributed by atoms with E-state index in [4.69, 9.17) is 14.2 Å². The van der Waals surface area contributed by atoms with Gasteiger partial charge in [-0.15, -0.1) is 0 Å². The van der Waals surface area contributed by atoms with E-state index in [1.165, 1.54) is 12.1 Å². The molecule has 0 aromatic heterocycles. The molecule has 7 nitrogen and oxygen atoms in total. The monoisotopic (exact) mass is 395 g/mol. The molecule has 0 fully saturated rings. The quantitative estimate of drug-likeness (QED) is 0.616. The lowest BCUT2D eigenvalue weighted by Crippen LogP contribution is -2.14. The standard InChI is InChI=1S/C16H14BrNO6/c17-13-1-2-15(10(3-13)6-19)23-8-12-5-14(18(20)21)4-11-7-22-9-24-16(11)12/h1-5,19H,6-9H2. The van der Waals surface area contributed by atoms with E-state index in [1.54, 1.807) is 18.2 Å². The highest BCUT2D eigenvalue weighted by molar-refractivity contribution is 9.10. The molecule has 126 valence electrons. The Kier molecular flexibility index (Phi) is 4.98. The molecule has 1 aliphatic rings. The van der Waals surface area contributed by atoms with Crippen molar-refractivity contribution in [1.82, 2.24) is 0 Å². The van der Waals surface area contributed by atoms with Crippen LogP contribution in [0.1, 0.15) is 16.7 Å². The fraction of sp³-hybridized carbons (Fsp3) is 0.250. The van der Waals surface area contributed by atoms with Crippen molar-refractivity contribution < 1.29 is 24.2 Å². The zero-order chi connectivity index (χ0) is 17.1. The molecule has 1 heterocycles. The molecule has 0 atom stereocenters. The third kappa shape index (κ3) is 3.50. The highest BCUT2D eigenvalue weighted by Crippen LogP contribution is 2.34. The summed E-state index contributed by atoms with van der Waals surface area (Å²) in [6.45, 7) is 0.257. The summed E-state index contributed by atoms with van der Waals surface area (Å²) >= 11 is 3.33. The van der Waals surface area contributed by atoms with E-state index in [0.29, 0.717) is 28.2 Å². The predicted octanol–water partition coefficient (Wildman–Crippen LogP) is 3.30. The number of hydrogen-bond donors (Lipinski definition) is 1. The van der Waals surface area contributed by atoms with Crippen molar-refractivity contribution in [2.75, 3.05) is 6.79 Å². The second-order valence-corrected chi connectivity index (χ2v) is 6.08. The van der Waals surface area contributed by atoms with Gasteiger partial charge >= 0.3 is 0 Å². The average Bonchev–Trinajstić information content (AvgIpc) is 2.59. The summed E-state index contributed by atoms with van der Waals surface area (Å²) in [5.74, 6) is 1.06. The minimum absolute atomic E-state index is 0.0420. The zero-order valence-corrected chi connectivity index (χ0v) is 14.1. The van der Waals surface area contributed by atoms with E-state index in [9.17, 15) is 15.2 Å². The highest BCUT2D eigenvalue weighted by Gasteiger charge is 2.21. The first-order valence-corrected chi connectivity index (χ1v) is 7.90. The molecular formula is C16H14BrNO6. The van der Waals surface area contributed by atoms with Gasteiger partial charge in [-0.05, 0) is 18.2 Å². The lowest BCUT2D eigenvalue weighted by Gasteiger charge is -2.21. The fourth-order valence-corrected chi connectivity index (χ4v) is 2.87. The van der Waals surface area contributed by atoms with Crippen LogP contribution in [0.2, 0.25) is 0 Å². The molecule has 0 radical (unpaired) electrons. The highest BCUT2D eigenvalue weighted by atomic mass is 79.9. The number of nitro benzene ring substituents is 1. The predicted molar refractivity (Wildman–Crippen MR) is 87.8 cm³/mol. The second kappa shape index (κ2) is 7.16. The van der Waals surface area contributed by atoms with Crippen LogP contribution in [0.5, 0.6) is 11.5 Å². The summed E-state index contributed by atoms with van der Waals surface area (Å²) in [4.78, 5) is 10.6. The molecule has 0 unspecified atom stereocenters. The fourth-order valence-electron chi connectivity index (χ4n) is 2.46. The number of halogens is 1. The van der Waals surface area contributed by atoms with Gasteiger partial charge in [-0.25, -0.2) is 0 Å². The van der Waals surface area contributed by atoms with Crippen LogP contribution in [0.4, 0.5) is 5.69 Å². The van der Waals surface area contributed by atoms with Crippen molar-refractivity contribution in [3.05, 3.63) is 61.6 Å². The second-order valence-electron chi connectivity index (χ2n) is 5.16.